The second kappa shape index (κ2) is 7.77. The molecule has 0 aliphatic heterocycles. The zero-order valence-corrected chi connectivity index (χ0v) is 17.7. The molecule has 0 atom stereocenters. The first-order chi connectivity index (χ1) is 15.9. The third-order valence-electron chi connectivity index (χ3n) is 5.46. The number of aromatic nitrogens is 5. The number of nitrogens with one attached hydrogen (secondary N) is 1. The summed E-state index contributed by atoms with van der Waals surface area (Å²) in [6.45, 7) is 0. The average molecular weight is 449 g/mol. The molecule has 0 spiro atoms. The first-order valence-corrected chi connectivity index (χ1v) is 10.1. The number of benzene rings is 3. The molecule has 6 nitrogen and oxygen atoms in total. The van der Waals surface area contributed by atoms with Gasteiger partial charge in [-0.25, -0.2) is 4.98 Å². The molecule has 33 heavy (non-hydrogen) atoms. The van der Waals surface area contributed by atoms with Crippen molar-refractivity contribution in [3.8, 4) is 39.7 Å². The van der Waals surface area contributed by atoms with Crippen LogP contribution in [0.15, 0.2) is 67.0 Å². The fourth-order valence-corrected chi connectivity index (χ4v) is 3.99. The molecule has 9 heteroatoms. The lowest BCUT2D eigenvalue weighted by molar-refractivity contribution is -0.137. The molecule has 0 saturated heterocycles. The Morgan fingerprint density at radius 2 is 1.70 bits per heavy atom. The monoisotopic (exact) mass is 449 g/mol. The van der Waals surface area contributed by atoms with Crippen LogP contribution in [-0.2, 0) is 13.2 Å². The normalized spacial score (nSPS) is 11.8. The molecule has 3 aromatic carbocycles. The number of ether oxygens (including phenoxy) is 1. The Balaban J connectivity index is 1.81. The van der Waals surface area contributed by atoms with Crippen molar-refractivity contribution in [1.29, 1.82) is 0 Å². The summed E-state index contributed by atoms with van der Waals surface area (Å²) >= 11 is 0. The highest BCUT2D eigenvalue weighted by molar-refractivity contribution is 5.93. The topological polar surface area (TPSA) is 68.6 Å². The Bertz CT molecular complexity index is 1450. The summed E-state index contributed by atoms with van der Waals surface area (Å²) in [7, 11) is 3.02. The minimum Gasteiger partial charge on any atom is -0.496 e. The zero-order valence-electron chi connectivity index (χ0n) is 17.7. The predicted molar refractivity (Wildman–Crippen MR) is 119 cm³/mol. The highest BCUT2D eigenvalue weighted by Gasteiger charge is 2.38. The number of methoxy groups -OCH3 is 1. The first kappa shape index (κ1) is 20.7. The van der Waals surface area contributed by atoms with Crippen molar-refractivity contribution in [1.82, 2.24) is 24.7 Å². The Hall–Kier alpha value is -4.14. The summed E-state index contributed by atoms with van der Waals surface area (Å²) in [4.78, 5) is 7.43. The van der Waals surface area contributed by atoms with Gasteiger partial charge >= 0.3 is 6.18 Å². The van der Waals surface area contributed by atoms with Gasteiger partial charge in [-0.05, 0) is 23.3 Å². The molecule has 0 aliphatic rings. The minimum absolute atomic E-state index is 0.203. The van der Waals surface area contributed by atoms with E-state index in [-0.39, 0.29) is 16.8 Å². The number of hydrogen-bond donors (Lipinski definition) is 1. The van der Waals surface area contributed by atoms with E-state index in [9.17, 15) is 13.2 Å². The van der Waals surface area contributed by atoms with Gasteiger partial charge in [0.05, 0.1) is 12.6 Å². The number of alkyl halides is 3. The van der Waals surface area contributed by atoms with Crippen LogP contribution in [0.5, 0.6) is 5.75 Å². The van der Waals surface area contributed by atoms with Crippen molar-refractivity contribution < 1.29 is 17.9 Å². The fraction of sp³-hybridized carbons (Fsp3) is 0.125. The predicted octanol–water partition coefficient (Wildman–Crippen LogP) is 5.72. The number of nitrogens with zero attached hydrogens (tertiary/aromatic N) is 4. The summed E-state index contributed by atoms with van der Waals surface area (Å²) < 4.78 is 48.3. The van der Waals surface area contributed by atoms with Crippen molar-refractivity contribution in [2.75, 3.05) is 7.11 Å². The average Bonchev–Trinajstić information content (AvgIpc) is 3.43. The van der Waals surface area contributed by atoms with Crippen LogP contribution in [-0.4, -0.2) is 31.8 Å². The fourth-order valence-electron chi connectivity index (χ4n) is 3.99. The highest BCUT2D eigenvalue weighted by atomic mass is 19.4. The Kier molecular flexibility index (Phi) is 4.88. The molecule has 0 aliphatic carbocycles. The summed E-state index contributed by atoms with van der Waals surface area (Å²) in [5, 5.41) is 8.26. The van der Waals surface area contributed by atoms with E-state index in [0.29, 0.717) is 22.8 Å². The molecule has 0 amide bonds. The van der Waals surface area contributed by atoms with E-state index in [1.54, 1.807) is 17.0 Å². The number of hydrogen-bond acceptors (Lipinski definition) is 4. The third kappa shape index (κ3) is 3.51. The maximum absolute atomic E-state index is 13.9. The van der Waals surface area contributed by atoms with E-state index < -0.39 is 11.7 Å². The van der Waals surface area contributed by atoms with Crippen LogP contribution in [0, 0.1) is 0 Å². The van der Waals surface area contributed by atoms with Gasteiger partial charge in [0.2, 0.25) is 0 Å². The second-order valence-electron chi connectivity index (χ2n) is 7.48. The van der Waals surface area contributed by atoms with E-state index in [2.05, 4.69) is 20.2 Å². The van der Waals surface area contributed by atoms with Crippen LogP contribution >= 0.6 is 0 Å². The lowest BCUT2D eigenvalue weighted by atomic mass is 9.94. The summed E-state index contributed by atoms with van der Waals surface area (Å²) in [5.74, 6) is 0.581. The lowest BCUT2D eigenvalue weighted by Crippen LogP contribution is -2.08. The maximum atomic E-state index is 13.9. The molecule has 2 heterocycles. The van der Waals surface area contributed by atoms with Crippen molar-refractivity contribution in [3.63, 3.8) is 0 Å². The van der Waals surface area contributed by atoms with Crippen molar-refractivity contribution in [3.05, 3.63) is 72.6 Å². The standard InChI is InChI=1S/C24H18F3N5O/c1-32-13-28-31-23(32)19-15(14-7-4-3-5-8-14)9-6-10-16(19)22-29-17-11-12-18(33-2)20(21(17)30-22)24(25,26)27/h3-13H,1-2H3,(H,29,30). The third-order valence-corrected chi connectivity index (χ3v) is 5.46. The molecule has 1 N–H and O–H groups in total. The van der Waals surface area contributed by atoms with Crippen molar-refractivity contribution >= 4 is 11.0 Å². The van der Waals surface area contributed by atoms with E-state index in [1.807, 2.05) is 49.5 Å². The quantitative estimate of drug-likeness (QED) is 0.381. The first-order valence-electron chi connectivity index (χ1n) is 10.1. The Morgan fingerprint density at radius 3 is 2.36 bits per heavy atom. The molecule has 166 valence electrons. The maximum Gasteiger partial charge on any atom is 0.422 e. The molecule has 0 saturated carbocycles. The van der Waals surface area contributed by atoms with Crippen LogP contribution in [0.25, 0.3) is 44.9 Å². The number of aromatic amines is 1. The molecule has 5 rings (SSSR count). The van der Waals surface area contributed by atoms with E-state index in [0.717, 1.165) is 11.1 Å². The summed E-state index contributed by atoms with van der Waals surface area (Å²) in [6, 6.07) is 18.1. The smallest absolute Gasteiger partial charge is 0.422 e. The van der Waals surface area contributed by atoms with Gasteiger partial charge < -0.3 is 14.3 Å². The summed E-state index contributed by atoms with van der Waals surface area (Å²) in [6.07, 6.45) is -3.05. The Morgan fingerprint density at radius 1 is 0.939 bits per heavy atom. The van der Waals surface area contributed by atoms with E-state index in [4.69, 9.17) is 4.74 Å². The molecule has 5 aromatic rings. The molecule has 0 bridgehead atoms. The van der Waals surface area contributed by atoms with Gasteiger partial charge in [-0.1, -0.05) is 48.5 Å². The molecule has 0 fully saturated rings. The van der Waals surface area contributed by atoms with E-state index >= 15 is 0 Å². The molecule has 2 aromatic heterocycles. The van der Waals surface area contributed by atoms with Crippen LogP contribution in [0.1, 0.15) is 5.56 Å². The second-order valence-corrected chi connectivity index (χ2v) is 7.48. The number of aryl methyl sites for hydroxylation is 1. The van der Waals surface area contributed by atoms with Crippen molar-refractivity contribution in [2.24, 2.45) is 7.05 Å². The summed E-state index contributed by atoms with van der Waals surface area (Å²) in [5.41, 5.74) is 2.26. The lowest BCUT2D eigenvalue weighted by Gasteiger charge is -2.13. The molecule has 0 radical (unpaired) electrons. The van der Waals surface area contributed by atoms with Gasteiger partial charge in [-0.2, -0.15) is 13.2 Å². The highest BCUT2D eigenvalue weighted by Crippen LogP contribution is 2.43. The van der Waals surface area contributed by atoms with Gasteiger partial charge in [0.1, 0.15) is 29.0 Å². The number of halogens is 3. The number of H-pyrrole nitrogens is 1. The van der Waals surface area contributed by atoms with Gasteiger partial charge in [0, 0.05) is 18.2 Å². The molecule has 0 unspecified atom stereocenters. The van der Waals surface area contributed by atoms with Gasteiger partial charge in [-0.3, -0.25) is 0 Å². The molecular formula is C24H18F3N5O. The van der Waals surface area contributed by atoms with Gasteiger partial charge in [0.25, 0.3) is 0 Å². The molecular weight excluding hydrogens is 431 g/mol. The Labute approximate surface area is 186 Å². The van der Waals surface area contributed by atoms with Crippen LogP contribution in [0.4, 0.5) is 13.2 Å². The number of fused-ring (bicyclic) bond motifs is 1. The van der Waals surface area contributed by atoms with Crippen LogP contribution < -0.4 is 4.74 Å². The van der Waals surface area contributed by atoms with E-state index in [1.165, 1.54) is 19.2 Å². The zero-order chi connectivity index (χ0) is 23.2. The SMILES string of the molecule is COc1ccc2[nH]c(-c3cccc(-c4ccccc4)c3-c3nncn3C)nc2c1C(F)(F)F. The number of rotatable bonds is 4. The van der Waals surface area contributed by atoms with Gasteiger partial charge in [0.15, 0.2) is 5.82 Å². The van der Waals surface area contributed by atoms with Gasteiger partial charge in [-0.15, -0.1) is 10.2 Å². The van der Waals surface area contributed by atoms with Crippen LogP contribution in [0.2, 0.25) is 0 Å². The largest absolute Gasteiger partial charge is 0.496 e. The van der Waals surface area contributed by atoms with Crippen molar-refractivity contribution in [2.45, 2.75) is 6.18 Å². The van der Waals surface area contributed by atoms with Crippen LogP contribution in [0.3, 0.4) is 0 Å². The minimum atomic E-state index is -4.63. The number of imidazole rings is 1.